The van der Waals surface area contributed by atoms with Gasteiger partial charge in [0.25, 0.3) is 10.1 Å². The molecule has 1 aromatic carbocycles. The molecule has 0 atom stereocenters. The van der Waals surface area contributed by atoms with Crippen molar-refractivity contribution >= 4 is 10.1 Å². The van der Waals surface area contributed by atoms with E-state index in [0.29, 0.717) is 0 Å². The third kappa shape index (κ3) is 30.0. The molecule has 288 valence electrons. The van der Waals surface area contributed by atoms with Crippen molar-refractivity contribution < 1.29 is 17.2 Å². The Hall–Kier alpha value is -1.72. The summed E-state index contributed by atoms with van der Waals surface area (Å²) in [7, 11) is -3.58. The number of hydrogen-bond donors (Lipinski definition) is 0. The SMILES string of the molecule is CCCCCCCCCCCCCCCCCCOS(=O)(=O)c1ccccc1.CCCCCCCCCCCCCCCC[n+]1ccccc1. The summed E-state index contributed by atoms with van der Waals surface area (Å²) in [5.41, 5.74) is 0. The molecule has 5 heteroatoms. The predicted molar refractivity (Wildman–Crippen MR) is 216 cm³/mol. The van der Waals surface area contributed by atoms with Crippen molar-refractivity contribution in [3.8, 4) is 0 Å². The van der Waals surface area contributed by atoms with Crippen LogP contribution in [0.1, 0.15) is 206 Å². The lowest BCUT2D eigenvalue weighted by Gasteiger charge is -2.06. The molecule has 0 fully saturated rings. The average molecular weight is 715 g/mol. The maximum absolute atomic E-state index is 12.0. The number of rotatable bonds is 34. The number of pyridine rings is 1. The Kier molecular flexibility index (Phi) is 33.0. The molecular weight excluding hydrogens is 635 g/mol. The summed E-state index contributed by atoms with van der Waals surface area (Å²) < 4.78 is 31.3. The van der Waals surface area contributed by atoms with Crippen molar-refractivity contribution in [3.05, 3.63) is 60.9 Å². The van der Waals surface area contributed by atoms with Crippen molar-refractivity contribution in [1.82, 2.24) is 0 Å². The van der Waals surface area contributed by atoms with E-state index in [1.54, 1.807) is 30.3 Å². The highest BCUT2D eigenvalue weighted by Crippen LogP contribution is 2.16. The van der Waals surface area contributed by atoms with Crippen molar-refractivity contribution in [3.63, 3.8) is 0 Å². The lowest BCUT2D eigenvalue weighted by molar-refractivity contribution is -0.697. The minimum atomic E-state index is -3.58. The number of unbranched alkanes of at least 4 members (excludes halogenated alkanes) is 28. The molecule has 0 radical (unpaired) electrons. The van der Waals surface area contributed by atoms with E-state index in [1.165, 1.54) is 186 Å². The van der Waals surface area contributed by atoms with E-state index in [1.807, 2.05) is 0 Å². The van der Waals surface area contributed by atoms with Gasteiger partial charge in [-0.05, 0) is 25.0 Å². The fraction of sp³-hybridized carbons (Fsp3) is 0.756. The third-order valence-corrected chi connectivity index (χ3v) is 11.1. The number of benzene rings is 1. The quantitative estimate of drug-likeness (QED) is 0.0412. The summed E-state index contributed by atoms with van der Waals surface area (Å²) in [5.74, 6) is 0. The van der Waals surface area contributed by atoms with Gasteiger partial charge in [0.2, 0.25) is 0 Å². The fourth-order valence-corrected chi connectivity index (χ4v) is 7.51. The number of hydrogen-bond acceptors (Lipinski definition) is 3. The molecule has 0 saturated carbocycles. The van der Waals surface area contributed by atoms with Crippen LogP contribution in [0, 0.1) is 0 Å². The Morgan fingerprint density at radius 2 is 0.740 bits per heavy atom. The van der Waals surface area contributed by atoms with E-state index in [2.05, 4.69) is 49.0 Å². The Morgan fingerprint density at radius 3 is 1.12 bits per heavy atom. The summed E-state index contributed by atoms with van der Waals surface area (Å²) >= 11 is 0. The molecule has 0 aliphatic rings. The second-order valence-electron chi connectivity index (χ2n) is 14.6. The first-order valence-electron chi connectivity index (χ1n) is 21.5. The van der Waals surface area contributed by atoms with Crippen LogP contribution < -0.4 is 4.57 Å². The van der Waals surface area contributed by atoms with E-state index in [9.17, 15) is 8.42 Å². The predicted octanol–water partition coefficient (Wildman–Crippen LogP) is 14.1. The highest BCUT2D eigenvalue weighted by Gasteiger charge is 2.13. The Bertz CT molecular complexity index is 1040. The van der Waals surface area contributed by atoms with Crippen LogP contribution in [0.2, 0.25) is 0 Å². The van der Waals surface area contributed by atoms with Gasteiger partial charge in [0.15, 0.2) is 12.4 Å². The molecule has 0 saturated heterocycles. The van der Waals surface area contributed by atoms with Crippen LogP contribution in [-0.2, 0) is 20.8 Å². The van der Waals surface area contributed by atoms with E-state index in [-0.39, 0.29) is 11.5 Å². The zero-order valence-electron chi connectivity index (χ0n) is 33.0. The second kappa shape index (κ2) is 35.7. The third-order valence-electron chi connectivity index (χ3n) is 9.82. The van der Waals surface area contributed by atoms with Gasteiger partial charge >= 0.3 is 0 Å². The second-order valence-corrected chi connectivity index (χ2v) is 16.2. The van der Waals surface area contributed by atoms with Crippen LogP contribution in [-0.4, -0.2) is 15.0 Å². The van der Waals surface area contributed by atoms with Crippen LogP contribution in [0.15, 0.2) is 65.8 Å². The first-order valence-corrected chi connectivity index (χ1v) is 22.9. The summed E-state index contributed by atoms with van der Waals surface area (Å²) in [6.07, 6.45) is 45.4. The van der Waals surface area contributed by atoms with Gasteiger partial charge in [0, 0.05) is 18.6 Å². The number of aromatic nitrogens is 1. The first-order chi connectivity index (χ1) is 24.6. The lowest BCUT2D eigenvalue weighted by atomic mass is 10.0. The van der Waals surface area contributed by atoms with Gasteiger partial charge in [-0.15, -0.1) is 0 Å². The summed E-state index contributed by atoms with van der Waals surface area (Å²) in [5, 5.41) is 0. The van der Waals surface area contributed by atoms with Gasteiger partial charge in [-0.2, -0.15) is 8.42 Å². The molecular formula is C45H80NO3S+. The number of aryl methyl sites for hydroxylation is 1. The summed E-state index contributed by atoms with van der Waals surface area (Å²) in [6, 6.07) is 14.7. The van der Waals surface area contributed by atoms with Gasteiger partial charge in [0.1, 0.15) is 6.54 Å². The van der Waals surface area contributed by atoms with Crippen LogP contribution in [0.3, 0.4) is 0 Å². The standard InChI is InChI=1S/C24H42O3S.C21H38N/c1-2-3-4-5-6-7-8-9-10-11-12-13-14-15-16-20-23-27-28(25,26)24-21-18-17-19-22-24;1-2-3-4-5-6-7-8-9-10-11-12-13-14-16-19-22-20-17-15-18-21-22/h17-19,21-22H,2-16,20,23H2,1H3;15,17-18,20-21H,2-14,16,19H2,1H3/q;+1. The fourth-order valence-electron chi connectivity index (χ4n) is 6.55. The Labute approximate surface area is 311 Å². The van der Waals surface area contributed by atoms with E-state index < -0.39 is 10.1 Å². The molecule has 0 aliphatic carbocycles. The van der Waals surface area contributed by atoms with Crippen molar-refractivity contribution in [2.45, 2.75) is 218 Å². The van der Waals surface area contributed by atoms with Crippen molar-refractivity contribution in [2.75, 3.05) is 6.61 Å². The molecule has 1 heterocycles. The lowest BCUT2D eigenvalue weighted by Crippen LogP contribution is -2.32. The first kappa shape index (κ1) is 46.3. The highest BCUT2D eigenvalue weighted by atomic mass is 32.2. The van der Waals surface area contributed by atoms with Crippen LogP contribution in [0.4, 0.5) is 0 Å². The molecule has 1 aromatic heterocycles. The van der Waals surface area contributed by atoms with E-state index in [0.717, 1.165) is 12.8 Å². The Balaban J connectivity index is 0.000000515. The molecule has 50 heavy (non-hydrogen) atoms. The average Bonchev–Trinajstić information content (AvgIpc) is 3.14. The molecule has 4 nitrogen and oxygen atoms in total. The normalized spacial score (nSPS) is 11.4. The highest BCUT2D eigenvalue weighted by molar-refractivity contribution is 7.86. The van der Waals surface area contributed by atoms with Crippen LogP contribution in [0.25, 0.3) is 0 Å². The maximum atomic E-state index is 12.0. The molecule has 2 rings (SSSR count). The van der Waals surface area contributed by atoms with Crippen molar-refractivity contribution in [1.29, 1.82) is 0 Å². The summed E-state index contributed by atoms with van der Waals surface area (Å²) in [6.45, 7) is 6.03. The van der Waals surface area contributed by atoms with E-state index >= 15 is 0 Å². The van der Waals surface area contributed by atoms with Gasteiger partial charge in [-0.25, -0.2) is 4.57 Å². The van der Waals surface area contributed by atoms with Gasteiger partial charge in [-0.3, -0.25) is 4.18 Å². The monoisotopic (exact) mass is 715 g/mol. The molecule has 2 aromatic rings. The minimum absolute atomic E-state index is 0.242. The molecule has 0 unspecified atom stereocenters. The summed E-state index contributed by atoms with van der Waals surface area (Å²) in [4.78, 5) is 0.242. The smallest absolute Gasteiger partial charge is 0.266 e. The van der Waals surface area contributed by atoms with Crippen LogP contribution >= 0.6 is 0 Å². The van der Waals surface area contributed by atoms with E-state index in [4.69, 9.17) is 4.18 Å². The topological polar surface area (TPSA) is 47.3 Å². The molecule has 0 bridgehead atoms. The van der Waals surface area contributed by atoms with Crippen molar-refractivity contribution in [2.24, 2.45) is 0 Å². The zero-order chi connectivity index (χ0) is 36.1. The van der Waals surface area contributed by atoms with Gasteiger partial charge < -0.3 is 0 Å². The Morgan fingerprint density at radius 1 is 0.420 bits per heavy atom. The number of nitrogens with zero attached hydrogens (tertiary/aromatic N) is 1. The molecule has 0 spiro atoms. The minimum Gasteiger partial charge on any atom is -0.266 e. The molecule has 0 N–H and O–H groups in total. The maximum Gasteiger partial charge on any atom is 0.296 e. The van der Waals surface area contributed by atoms with Crippen LogP contribution in [0.5, 0.6) is 0 Å². The largest absolute Gasteiger partial charge is 0.296 e. The zero-order valence-corrected chi connectivity index (χ0v) is 33.8. The van der Waals surface area contributed by atoms with Gasteiger partial charge in [-0.1, -0.05) is 211 Å². The molecule has 0 amide bonds. The molecule has 0 aliphatic heterocycles. The van der Waals surface area contributed by atoms with Gasteiger partial charge in [0.05, 0.1) is 11.5 Å².